The number of hydrogen-bond donors (Lipinski definition) is 1. The number of carboxylic acids is 1. The van der Waals surface area contributed by atoms with Crippen LogP contribution < -0.4 is 9.64 Å². The van der Waals surface area contributed by atoms with Crippen molar-refractivity contribution >= 4 is 29.2 Å². The number of aliphatic carboxylic acids is 1. The van der Waals surface area contributed by atoms with Gasteiger partial charge in [-0.2, -0.15) is 0 Å². The average molecular weight is 412 g/mol. The molecule has 1 amide bonds. The van der Waals surface area contributed by atoms with Crippen molar-refractivity contribution in [3.63, 3.8) is 0 Å². The second-order valence-electron chi connectivity index (χ2n) is 7.46. The third-order valence-corrected chi connectivity index (χ3v) is 5.62. The van der Waals surface area contributed by atoms with Crippen LogP contribution in [-0.2, 0) is 15.1 Å². The molecule has 1 aliphatic rings. The normalized spacial score (nSPS) is 19.9. The second-order valence-corrected chi connectivity index (χ2v) is 7.87. The van der Waals surface area contributed by atoms with Crippen LogP contribution in [0.25, 0.3) is 0 Å². The van der Waals surface area contributed by atoms with E-state index in [1.165, 1.54) is 13.0 Å². The quantitative estimate of drug-likeness (QED) is 0.711. The van der Waals surface area contributed by atoms with Gasteiger partial charge in [-0.15, -0.1) is 6.42 Å². The molecule has 0 saturated heterocycles. The van der Waals surface area contributed by atoms with Crippen molar-refractivity contribution in [1.82, 2.24) is 0 Å². The number of terminal acetylenes is 1. The van der Waals surface area contributed by atoms with Gasteiger partial charge in [0.2, 0.25) is 0 Å². The first-order valence-corrected chi connectivity index (χ1v) is 9.71. The molecule has 150 valence electrons. The highest BCUT2D eigenvalue weighted by Crippen LogP contribution is 2.39. The number of amides is 1. The van der Waals surface area contributed by atoms with Crippen LogP contribution in [0.4, 0.5) is 5.69 Å². The van der Waals surface area contributed by atoms with Gasteiger partial charge in [-0.25, -0.2) is 4.79 Å². The minimum absolute atomic E-state index is 0.116. The molecule has 0 bridgehead atoms. The molecule has 2 aromatic carbocycles. The largest absolute Gasteiger partial charge is 0.489 e. The summed E-state index contributed by atoms with van der Waals surface area (Å²) < 4.78 is 5.90. The smallest absolute Gasteiger partial charge is 0.334 e. The summed E-state index contributed by atoms with van der Waals surface area (Å²) in [6.45, 7) is 3.60. The number of nitrogens with zero attached hydrogens (tertiary/aromatic N) is 1. The molecule has 1 N–H and O–H groups in total. The first-order chi connectivity index (χ1) is 13.8. The third kappa shape index (κ3) is 3.94. The molecule has 1 aliphatic carbocycles. The molecule has 6 heteroatoms. The average Bonchev–Trinajstić information content (AvgIpc) is 2.68. The van der Waals surface area contributed by atoms with Gasteiger partial charge in [-0.3, -0.25) is 9.69 Å². The van der Waals surface area contributed by atoms with Gasteiger partial charge < -0.3 is 9.84 Å². The van der Waals surface area contributed by atoms with Crippen LogP contribution in [0.1, 0.15) is 32.3 Å². The molecular formula is C23H22ClNO4. The molecule has 29 heavy (non-hydrogen) atoms. The predicted molar refractivity (Wildman–Crippen MR) is 112 cm³/mol. The lowest BCUT2D eigenvalue weighted by Gasteiger charge is -2.37. The van der Waals surface area contributed by atoms with E-state index in [2.05, 4.69) is 6.92 Å². The molecule has 1 unspecified atom stereocenters. The monoisotopic (exact) mass is 411 g/mol. The third-order valence-electron chi connectivity index (χ3n) is 5.32. The van der Waals surface area contributed by atoms with Crippen molar-refractivity contribution in [1.29, 1.82) is 0 Å². The van der Waals surface area contributed by atoms with Gasteiger partial charge in [0.25, 0.3) is 0 Å². The van der Waals surface area contributed by atoms with Crippen molar-refractivity contribution in [2.45, 2.75) is 38.3 Å². The molecule has 1 fully saturated rings. The number of anilines is 1. The van der Waals surface area contributed by atoms with E-state index in [0.29, 0.717) is 17.2 Å². The van der Waals surface area contributed by atoms with Gasteiger partial charge in [0.05, 0.1) is 11.1 Å². The Morgan fingerprint density at radius 2 is 1.90 bits per heavy atom. The zero-order valence-corrected chi connectivity index (χ0v) is 17.0. The molecule has 0 heterocycles. The summed E-state index contributed by atoms with van der Waals surface area (Å²) >= 11 is 6.40. The van der Waals surface area contributed by atoms with E-state index in [0.717, 1.165) is 17.7 Å². The molecular weight excluding hydrogens is 390 g/mol. The number of ether oxygens (including phenoxy) is 1. The van der Waals surface area contributed by atoms with Gasteiger partial charge in [0.15, 0.2) is 5.54 Å². The van der Waals surface area contributed by atoms with Crippen LogP contribution in [-0.4, -0.2) is 23.1 Å². The van der Waals surface area contributed by atoms with Crippen LogP contribution in [0.3, 0.4) is 0 Å². The number of hydrogen-bond acceptors (Lipinski definition) is 3. The Balaban J connectivity index is 2.03. The van der Waals surface area contributed by atoms with Gasteiger partial charge in [0.1, 0.15) is 5.75 Å². The molecule has 0 aliphatic heterocycles. The Morgan fingerprint density at radius 3 is 2.41 bits per heavy atom. The van der Waals surface area contributed by atoms with Gasteiger partial charge in [0, 0.05) is 5.69 Å². The molecule has 2 aromatic rings. The SMILES string of the molecule is C#CC(=O)N(c1ccc(OC2CC(C)C2)c(Cl)c1)C(C)(C(=O)O)c1ccccc1. The molecule has 3 rings (SSSR count). The van der Waals surface area contributed by atoms with E-state index in [1.54, 1.807) is 42.5 Å². The predicted octanol–water partition coefficient (Wildman–Crippen LogP) is 4.48. The van der Waals surface area contributed by atoms with Crippen LogP contribution in [0.15, 0.2) is 48.5 Å². The van der Waals surface area contributed by atoms with Gasteiger partial charge in [-0.1, -0.05) is 48.9 Å². The number of halogens is 1. The fourth-order valence-corrected chi connectivity index (χ4v) is 3.80. The molecule has 0 aromatic heterocycles. The number of carbonyl (C=O) groups excluding carboxylic acids is 1. The Kier molecular flexibility index (Phi) is 5.86. The van der Waals surface area contributed by atoms with Crippen LogP contribution in [0.5, 0.6) is 5.75 Å². The number of carboxylic acid groups (broad SMARTS) is 1. The summed E-state index contributed by atoms with van der Waals surface area (Å²) in [6.07, 6.45) is 7.41. The van der Waals surface area contributed by atoms with Crippen LogP contribution in [0.2, 0.25) is 5.02 Å². The van der Waals surface area contributed by atoms with Crippen molar-refractivity contribution in [2.24, 2.45) is 5.92 Å². The summed E-state index contributed by atoms with van der Waals surface area (Å²) in [5.41, 5.74) is -1.03. The highest BCUT2D eigenvalue weighted by molar-refractivity contribution is 6.32. The zero-order chi connectivity index (χ0) is 21.2. The van der Waals surface area contributed by atoms with E-state index in [4.69, 9.17) is 22.8 Å². The van der Waals surface area contributed by atoms with Crippen molar-refractivity contribution < 1.29 is 19.4 Å². The first-order valence-electron chi connectivity index (χ1n) is 9.33. The summed E-state index contributed by atoms with van der Waals surface area (Å²) in [6, 6.07) is 13.2. The molecule has 0 spiro atoms. The standard InChI is InChI=1S/C23H22ClNO4/c1-4-21(26)25(23(3,22(27)28)16-8-6-5-7-9-16)17-10-11-20(19(24)14-17)29-18-12-15(2)13-18/h1,5-11,14-15,18H,12-13H2,2-3H3,(H,27,28). The maximum Gasteiger partial charge on any atom is 0.334 e. The Labute approximate surface area is 175 Å². The fraction of sp³-hybridized carbons (Fsp3) is 0.304. The zero-order valence-electron chi connectivity index (χ0n) is 16.3. The minimum atomic E-state index is -1.72. The van der Waals surface area contributed by atoms with Crippen LogP contribution in [0, 0.1) is 18.3 Å². The summed E-state index contributed by atoms with van der Waals surface area (Å²) in [4.78, 5) is 26.0. The minimum Gasteiger partial charge on any atom is -0.489 e. The number of carbonyl (C=O) groups is 2. The van der Waals surface area contributed by atoms with Crippen LogP contribution >= 0.6 is 11.6 Å². The lowest BCUT2D eigenvalue weighted by molar-refractivity contribution is -0.144. The summed E-state index contributed by atoms with van der Waals surface area (Å²) in [7, 11) is 0. The van der Waals surface area contributed by atoms with E-state index in [-0.39, 0.29) is 16.8 Å². The van der Waals surface area contributed by atoms with Crippen molar-refractivity contribution in [2.75, 3.05) is 4.90 Å². The lowest BCUT2D eigenvalue weighted by Crippen LogP contribution is -2.53. The lowest BCUT2D eigenvalue weighted by atomic mass is 9.84. The van der Waals surface area contributed by atoms with Crippen molar-refractivity contribution in [3.05, 3.63) is 59.1 Å². The topological polar surface area (TPSA) is 66.8 Å². The second kappa shape index (κ2) is 8.18. The summed E-state index contributed by atoms with van der Waals surface area (Å²) in [5.74, 6) is 1.16. The molecule has 1 saturated carbocycles. The fourth-order valence-electron chi connectivity index (χ4n) is 3.58. The Morgan fingerprint density at radius 1 is 1.24 bits per heavy atom. The van der Waals surface area contributed by atoms with Crippen molar-refractivity contribution in [3.8, 4) is 18.1 Å². The van der Waals surface area contributed by atoms with E-state index in [9.17, 15) is 14.7 Å². The number of benzene rings is 2. The highest BCUT2D eigenvalue weighted by atomic mass is 35.5. The first kappa shape index (κ1) is 20.8. The Hall–Kier alpha value is -2.97. The van der Waals surface area contributed by atoms with E-state index in [1.807, 2.05) is 5.92 Å². The van der Waals surface area contributed by atoms with E-state index >= 15 is 0 Å². The van der Waals surface area contributed by atoms with Gasteiger partial charge in [-0.05, 0) is 55.4 Å². The summed E-state index contributed by atoms with van der Waals surface area (Å²) in [5, 5.41) is 10.3. The van der Waals surface area contributed by atoms with Gasteiger partial charge >= 0.3 is 11.9 Å². The Bertz CT molecular complexity index is 963. The maximum absolute atomic E-state index is 12.7. The molecule has 5 nitrogen and oxygen atoms in total. The van der Waals surface area contributed by atoms with E-state index < -0.39 is 17.4 Å². The molecule has 1 atom stereocenters. The highest BCUT2D eigenvalue weighted by Gasteiger charge is 2.45. The number of rotatable bonds is 6. The maximum atomic E-state index is 12.7. The molecule has 0 radical (unpaired) electrons.